The van der Waals surface area contributed by atoms with Crippen molar-refractivity contribution in [2.45, 2.75) is 6.54 Å². The van der Waals surface area contributed by atoms with E-state index >= 15 is 0 Å². The van der Waals surface area contributed by atoms with Gasteiger partial charge in [0, 0.05) is 12.1 Å². The van der Waals surface area contributed by atoms with Crippen molar-refractivity contribution in [3.8, 4) is 0 Å². The summed E-state index contributed by atoms with van der Waals surface area (Å²) in [5, 5.41) is 2.86. The molecule has 0 fully saturated rings. The van der Waals surface area contributed by atoms with Gasteiger partial charge >= 0.3 is 0 Å². The second-order valence-corrected chi connectivity index (χ2v) is 5.56. The van der Waals surface area contributed by atoms with Gasteiger partial charge in [0.15, 0.2) is 0 Å². The van der Waals surface area contributed by atoms with Crippen molar-refractivity contribution < 1.29 is 4.79 Å². The third kappa shape index (κ3) is 4.65. The maximum atomic E-state index is 12.2. The van der Waals surface area contributed by atoms with Gasteiger partial charge in [0.1, 0.15) is 4.99 Å². The summed E-state index contributed by atoms with van der Waals surface area (Å²) in [7, 11) is 1.91. The van der Waals surface area contributed by atoms with E-state index in [4.69, 9.17) is 18.0 Å². The molecule has 0 radical (unpaired) electrons. The fraction of sp³-hybridized carbons (Fsp3) is 0.176. The van der Waals surface area contributed by atoms with Gasteiger partial charge < -0.3 is 11.1 Å². The van der Waals surface area contributed by atoms with Gasteiger partial charge in [-0.1, -0.05) is 54.7 Å². The van der Waals surface area contributed by atoms with E-state index < -0.39 is 0 Å². The Morgan fingerprint density at radius 1 is 1.14 bits per heavy atom. The molecule has 2 rings (SSSR count). The van der Waals surface area contributed by atoms with E-state index in [9.17, 15) is 4.79 Å². The molecule has 2 aromatic carbocycles. The molecule has 114 valence electrons. The molecule has 0 aliphatic carbocycles. The van der Waals surface area contributed by atoms with Crippen molar-refractivity contribution in [3.63, 3.8) is 0 Å². The first-order valence-electron chi connectivity index (χ1n) is 6.97. The number of benzene rings is 2. The molecule has 1 amide bonds. The van der Waals surface area contributed by atoms with E-state index in [-0.39, 0.29) is 10.9 Å². The molecule has 0 bridgehead atoms. The van der Waals surface area contributed by atoms with Gasteiger partial charge in [0.2, 0.25) is 5.91 Å². The Bertz CT molecular complexity index is 658. The molecule has 0 atom stereocenters. The van der Waals surface area contributed by atoms with Gasteiger partial charge in [-0.15, -0.1) is 0 Å². The monoisotopic (exact) mass is 313 g/mol. The Kier molecular flexibility index (Phi) is 5.63. The molecule has 22 heavy (non-hydrogen) atoms. The lowest BCUT2D eigenvalue weighted by Crippen LogP contribution is -2.30. The van der Waals surface area contributed by atoms with E-state index in [0.29, 0.717) is 24.3 Å². The highest BCUT2D eigenvalue weighted by Gasteiger charge is 2.10. The van der Waals surface area contributed by atoms with Crippen LogP contribution in [0, 0.1) is 0 Å². The smallest absolute Gasteiger partial charge is 0.238 e. The number of amides is 1. The van der Waals surface area contributed by atoms with Crippen molar-refractivity contribution in [2.24, 2.45) is 5.73 Å². The van der Waals surface area contributed by atoms with Gasteiger partial charge in [0.05, 0.1) is 12.2 Å². The zero-order valence-electron chi connectivity index (χ0n) is 12.5. The largest absolute Gasteiger partial charge is 0.389 e. The van der Waals surface area contributed by atoms with Crippen LogP contribution in [0.15, 0.2) is 54.6 Å². The number of carbonyl (C=O) groups excluding carboxylic acids is 1. The predicted molar refractivity (Wildman–Crippen MR) is 93.7 cm³/mol. The molecule has 2 aromatic rings. The van der Waals surface area contributed by atoms with Gasteiger partial charge in [-0.05, 0) is 24.7 Å². The number of anilines is 1. The minimum atomic E-state index is -0.0952. The Balaban J connectivity index is 1.94. The lowest BCUT2D eigenvalue weighted by molar-refractivity contribution is -0.117. The number of likely N-dealkylation sites (N-methyl/N-ethyl adjacent to an activating group) is 1. The predicted octanol–water partition coefficient (Wildman–Crippen LogP) is 2.39. The number of para-hydroxylation sites is 1. The topological polar surface area (TPSA) is 58.4 Å². The molecular weight excluding hydrogens is 294 g/mol. The van der Waals surface area contributed by atoms with E-state index in [2.05, 4.69) is 5.32 Å². The van der Waals surface area contributed by atoms with Crippen molar-refractivity contribution in [1.82, 2.24) is 4.90 Å². The van der Waals surface area contributed by atoms with Crippen LogP contribution in [0.2, 0.25) is 0 Å². The highest BCUT2D eigenvalue weighted by molar-refractivity contribution is 7.80. The van der Waals surface area contributed by atoms with Crippen molar-refractivity contribution in [2.75, 3.05) is 18.9 Å². The quantitative estimate of drug-likeness (QED) is 0.804. The number of nitrogens with two attached hydrogens (primary N) is 1. The number of hydrogen-bond acceptors (Lipinski definition) is 3. The summed E-state index contributed by atoms with van der Waals surface area (Å²) in [6, 6.07) is 17.3. The second kappa shape index (κ2) is 7.68. The minimum absolute atomic E-state index is 0.0952. The molecular formula is C17H19N3OS. The summed E-state index contributed by atoms with van der Waals surface area (Å²) in [6.07, 6.45) is 0. The lowest BCUT2D eigenvalue weighted by Gasteiger charge is -2.17. The normalized spacial score (nSPS) is 10.5. The minimum Gasteiger partial charge on any atom is -0.389 e. The van der Waals surface area contributed by atoms with Crippen LogP contribution in [0.3, 0.4) is 0 Å². The number of hydrogen-bond donors (Lipinski definition) is 2. The molecule has 4 nitrogen and oxygen atoms in total. The van der Waals surface area contributed by atoms with Crippen LogP contribution in [-0.2, 0) is 11.3 Å². The fourth-order valence-electron chi connectivity index (χ4n) is 2.19. The van der Waals surface area contributed by atoms with Gasteiger partial charge in [-0.3, -0.25) is 9.69 Å². The molecule has 0 heterocycles. The van der Waals surface area contributed by atoms with Crippen molar-refractivity contribution in [3.05, 3.63) is 65.7 Å². The summed E-state index contributed by atoms with van der Waals surface area (Å²) >= 11 is 4.99. The molecule has 0 saturated heterocycles. The Morgan fingerprint density at radius 3 is 2.45 bits per heavy atom. The first-order valence-corrected chi connectivity index (χ1v) is 7.38. The van der Waals surface area contributed by atoms with Crippen molar-refractivity contribution in [1.29, 1.82) is 0 Å². The third-order valence-electron chi connectivity index (χ3n) is 3.18. The van der Waals surface area contributed by atoms with E-state index in [1.165, 1.54) is 5.56 Å². The number of thiocarbonyl (C=S) groups is 1. The number of nitrogens with one attached hydrogen (secondary N) is 1. The number of carbonyl (C=O) groups is 1. The second-order valence-electron chi connectivity index (χ2n) is 5.12. The van der Waals surface area contributed by atoms with Gasteiger partial charge in [-0.2, -0.15) is 0 Å². The summed E-state index contributed by atoms with van der Waals surface area (Å²) in [4.78, 5) is 14.4. The molecule has 3 N–H and O–H groups in total. The molecule has 0 spiro atoms. The summed E-state index contributed by atoms with van der Waals surface area (Å²) in [5.41, 5.74) is 8.16. The molecule has 5 heteroatoms. The third-order valence-corrected chi connectivity index (χ3v) is 3.40. The fourth-order valence-corrected chi connectivity index (χ4v) is 2.37. The first kappa shape index (κ1) is 16.1. The number of nitrogens with zero attached hydrogens (tertiary/aromatic N) is 1. The highest BCUT2D eigenvalue weighted by Crippen LogP contribution is 2.14. The van der Waals surface area contributed by atoms with E-state index in [1.54, 1.807) is 12.1 Å². The first-order chi connectivity index (χ1) is 10.6. The van der Waals surface area contributed by atoms with Gasteiger partial charge in [-0.25, -0.2) is 0 Å². The van der Waals surface area contributed by atoms with Crippen LogP contribution < -0.4 is 11.1 Å². The maximum Gasteiger partial charge on any atom is 0.238 e. The van der Waals surface area contributed by atoms with Crippen LogP contribution in [0.1, 0.15) is 11.1 Å². The van der Waals surface area contributed by atoms with Crippen LogP contribution in [0.4, 0.5) is 5.69 Å². The molecule has 0 aliphatic heterocycles. The van der Waals surface area contributed by atoms with Crippen LogP contribution in [-0.4, -0.2) is 29.4 Å². The SMILES string of the molecule is CN(CC(=O)Nc1ccccc1C(N)=S)Cc1ccccc1. The summed E-state index contributed by atoms with van der Waals surface area (Å²) < 4.78 is 0. The van der Waals surface area contributed by atoms with E-state index in [0.717, 1.165) is 0 Å². The Morgan fingerprint density at radius 2 is 1.77 bits per heavy atom. The van der Waals surface area contributed by atoms with Crippen LogP contribution in [0.5, 0.6) is 0 Å². The Hall–Kier alpha value is -2.24. The zero-order chi connectivity index (χ0) is 15.9. The Labute approximate surface area is 135 Å². The zero-order valence-corrected chi connectivity index (χ0v) is 13.3. The van der Waals surface area contributed by atoms with Crippen LogP contribution >= 0.6 is 12.2 Å². The molecule has 0 saturated carbocycles. The highest BCUT2D eigenvalue weighted by atomic mass is 32.1. The lowest BCUT2D eigenvalue weighted by atomic mass is 10.1. The molecule has 0 aliphatic rings. The number of rotatable bonds is 6. The van der Waals surface area contributed by atoms with Gasteiger partial charge in [0.25, 0.3) is 0 Å². The van der Waals surface area contributed by atoms with Crippen molar-refractivity contribution >= 4 is 28.8 Å². The summed E-state index contributed by atoms with van der Waals surface area (Å²) in [5.74, 6) is -0.0952. The summed E-state index contributed by atoms with van der Waals surface area (Å²) in [6.45, 7) is 1.01. The average molecular weight is 313 g/mol. The molecule has 0 aromatic heterocycles. The average Bonchev–Trinajstić information content (AvgIpc) is 2.48. The molecule has 0 unspecified atom stereocenters. The standard InChI is InChI=1S/C17H19N3OS/c1-20(11-13-7-3-2-4-8-13)12-16(21)19-15-10-6-5-9-14(15)17(18)22/h2-10H,11-12H2,1H3,(H2,18,22)(H,19,21). The van der Waals surface area contributed by atoms with Crippen LogP contribution in [0.25, 0.3) is 0 Å². The van der Waals surface area contributed by atoms with E-state index in [1.807, 2.05) is 54.4 Å². The maximum absolute atomic E-state index is 12.2.